The molecule has 1 fully saturated rings. The standard InChI is InChI=1S/C19H28F2N2O5S/c1-5-13-11-22-15(12-23(13)17(25)28-18(2,3)4)16(24)19(20,21)29(26,27)14-9-7-6-8-10-14/h6-10,13,15-16,22,24H,5,11-12H2,1-4H3/t13-,15+,16+/m1/s1. The highest BCUT2D eigenvalue weighted by Gasteiger charge is 2.56. The molecule has 0 unspecified atom stereocenters. The molecule has 1 saturated heterocycles. The van der Waals surface area contributed by atoms with Gasteiger partial charge in [-0.2, -0.15) is 8.78 Å². The SMILES string of the molecule is CC[C@@H]1CN[C@H]([C@H](O)C(F)(F)S(=O)(=O)c2ccccc2)CN1C(=O)OC(C)(C)C. The molecular formula is C19H28F2N2O5S. The molecule has 1 aliphatic heterocycles. The second kappa shape index (κ2) is 8.53. The van der Waals surface area contributed by atoms with Crippen LogP contribution in [0.3, 0.4) is 0 Å². The van der Waals surface area contributed by atoms with Gasteiger partial charge in [0.1, 0.15) is 11.7 Å². The Kier molecular flexibility index (Phi) is 6.91. The summed E-state index contributed by atoms with van der Waals surface area (Å²) in [4.78, 5) is 13.2. The van der Waals surface area contributed by atoms with Crippen molar-refractivity contribution < 1.29 is 31.8 Å². The molecule has 1 aromatic carbocycles. The van der Waals surface area contributed by atoms with Crippen molar-refractivity contribution in [2.45, 2.75) is 68.1 Å². The minimum absolute atomic E-state index is 0.124. The van der Waals surface area contributed by atoms with Crippen LogP contribution >= 0.6 is 0 Å². The molecule has 0 radical (unpaired) electrons. The van der Waals surface area contributed by atoms with E-state index in [1.807, 2.05) is 6.92 Å². The number of aliphatic hydroxyl groups excluding tert-OH is 1. The van der Waals surface area contributed by atoms with E-state index in [0.717, 1.165) is 12.1 Å². The predicted molar refractivity (Wildman–Crippen MR) is 103 cm³/mol. The number of ether oxygens (including phenoxy) is 1. The Morgan fingerprint density at radius 1 is 1.31 bits per heavy atom. The van der Waals surface area contributed by atoms with Gasteiger partial charge in [-0.3, -0.25) is 0 Å². The molecule has 0 spiro atoms. The zero-order chi connectivity index (χ0) is 22.0. The number of carbonyl (C=O) groups is 1. The Labute approximate surface area is 170 Å². The van der Waals surface area contributed by atoms with Crippen molar-refractivity contribution in [2.24, 2.45) is 0 Å². The van der Waals surface area contributed by atoms with Gasteiger partial charge in [0.05, 0.1) is 10.9 Å². The maximum absolute atomic E-state index is 14.8. The minimum atomic E-state index is -5.13. The summed E-state index contributed by atoms with van der Waals surface area (Å²) in [5.41, 5.74) is -0.783. The highest BCUT2D eigenvalue weighted by atomic mass is 32.2. The molecule has 0 saturated carbocycles. The molecule has 7 nitrogen and oxygen atoms in total. The van der Waals surface area contributed by atoms with Crippen LogP contribution < -0.4 is 5.32 Å². The Morgan fingerprint density at radius 2 is 1.90 bits per heavy atom. The largest absolute Gasteiger partial charge is 0.444 e. The smallest absolute Gasteiger partial charge is 0.410 e. The number of aliphatic hydroxyl groups is 1. The van der Waals surface area contributed by atoms with Crippen LogP contribution in [0.1, 0.15) is 34.1 Å². The van der Waals surface area contributed by atoms with Gasteiger partial charge < -0.3 is 20.1 Å². The lowest BCUT2D eigenvalue weighted by Gasteiger charge is -2.42. The first kappa shape index (κ1) is 23.5. The van der Waals surface area contributed by atoms with Gasteiger partial charge in [-0.05, 0) is 39.3 Å². The summed E-state index contributed by atoms with van der Waals surface area (Å²) in [6.07, 6.45) is -2.72. The molecule has 0 bridgehead atoms. The number of hydrogen-bond acceptors (Lipinski definition) is 6. The number of piperazine rings is 1. The van der Waals surface area contributed by atoms with Crippen molar-refractivity contribution in [1.29, 1.82) is 0 Å². The van der Waals surface area contributed by atoms with E-state index in [1.54, 1.807) is 20.8 Å². The lowest BCUT2D eigenvalue weighted by molar-refractivity contribution is -0.0750. The summed E-state index contributed by atoms with van der Waals surface area (Å²) in [5, 5.41) is 8.62. The maximum atomic E-state index is 14.8. The quantitative estimate of drug-likeness (QED) is 0.739. The number of rotatable bonds is 5. The monoisotopic (exact) mass is 434 g/mol. The number of carbonyl (C=O) groups excluding carboxylic acids is 1. The third kappa shape index (κ3) is 5.04. The Balaban J connectivity index is 2.25. The normalized spacial score (nSPS) is 22.2. The summed E-state index contributed by atoms with van der Waals surface area (Å²) >= 11 is 0. The van der Waals surface area contributed by atoms with Gasteiger partial charge in [-0.25, -0.2) is 13.2 Å². The molecule has 1 heterocycles. The molecule has 3 atom stereocenters. The molecular weight excluding hydrogens is 406 g/mol. The van der Waals surface area contributed by atoms with E-state index < -0.39 is 43.8 Å². The first-order chi connectivity index (χ1) is 13.3. The van der Waals surface area contributed by atoms with E-state index >= 15 is 0 Å². The number of halogens is 2. The fourth-order valence-electron chi connectivity index (χ4n) is 3.09. The Morgan fingerprint density at radius 3 is 2.41 bits per heavy atom. The number of hydrogen-bond donors (Lipinski definition) is 2. The molecule has 0 aliphatic carbocycles. The summed E-state index contributed by atoms with van der Waals surface area (Å²) in [7, 11) is -5.13. The average molecular weight is 435 g/mol. The predicted octanol–water partition coefficient (Wildman–Crippen LogP) is 2.40. The van der Waals surface area contributed by atoms with Crippen molar-refractivity contribution in [2.75, 3.05) is 13.1 Å². The highest BCUT2D eigenvalue weighted by molar-refractivity contribution is 7.92. The van der Waals surface area contributed by atoms with Gasteiger partial charge in [0.25, 0.3) is 0 Å². The van der Waals surface area contributed by atoms with Crippen LogP contribution in [0, 0.1) is 0 Å². The molecule has 2 N–H and O–H groups in total. The van der Waals surface area contributed by atoms with E-state index in [9.17, 15) is 27.1 Å². The van der Waals surface area contributed by atoms with Crippen molar-refractivity contribution in [3.8, 4) is 0 Å². The third-order valence-corrected chi connectivity index (χ3v) is 6.54. The number of nitrogens with zero attached hydrogens (tertiary/aromatic N) is 1. The summed E-state index contributed by atoms with van der Waals surface area (Å²) < 4.78 is 59.8. The van der Waals surface area contributed by atoms with E-state index in [1.165, 1.54) is 23.1 Å². The lowest BCUT2D eigenvalue weighted by Crippen LogP contribution is -2.65. The van der Waals surface area contributed by atoms with Crippen LogP contribution in [0.2, 0.25) is 0 Å². The zero-order valence-corrected chi connectivity index (χ0v) is 17.7. The van der Waals surface area contributed by atoms with E-state index in [4.69, 9.17) is 4.74 Å². The van der Waals surface area contributed by atoms with E-state index in [2.05, 4.69) is 5.32 Å². The number of sulfone groups is 1. The third-order valence-electron chi connectivity index (χ3n) is 4.69. The number of benzene rings is 1. The summed E-state index contributed by atoms with van der Waals surface area (Å²) in [6, 6.07) is 4.56. The molecule has 1 amide bonds. The summed E-state index contributed by atoms with van der Waals surface area (Å²) in [5.74, 6) is 0. The molecule has 1 aliphatic rings. The van der Waals surface area contributed by atoms with Crippen LogP contribution in [0.5, 0.6) is 0 Å². The van der Waals surface area contributed by atoms with Gasteiger partial charge in [0.15, 0.2) is 0 Å². The van der Waals surface area contributed by atoms with Crippen molar-refractivity contribution in [3.05, 3.63) is 30.3 Å². The maximum Gasteiger partial charge on any atom is 0.410 e. The molecule has 0 aromatic heterocycles. The average Bonchev–Trinajstić information content (AvgIpc) is 2.66. The second-order valence-electron chi connectivity index (χ2n) is 8.03. The minimum Gasteiger partial charge on any atom is -0.444 e. The van der Waals surface area contributed by atoms with Gasteiger partial charge >= 0.3 is 11.3 Å². The lowest BCUT2D eigenvalue weighted by atomic mass is 10.0. The molecule has 164 valence electrons. The van der Waals surface area contributed by atoms with Gasteiger partial charge in [-0.1, -0.05) is 25.1 Å². The van der Waals surface area contributed by atoms with Crippen molar-refractivity contribution in [1.82, 2.24) is 10.2 Å². The molecule has 2 rings (SSSR count). The first-order valence-electron chi connectivity index (χ1n) is 9.39. The van der Waals surface area contributed by atoms with E-state index in [0.29, 0.717) is 6.42 Å². The van der Waals surface area contributed by atoms with Crippen LogP contribution in [-0.4, -0.2) is 66.7 Å². The van der Waals surface area contributed by atoms with Crippen LogP contribution in [0.15, 0.2) is 35.2 Å². The second-order valence-corrected chi connectivity index (χ2v) is 10.1. The summed E-state index contributed by atoms with van der Waals surface area (Å²) in [6.45, 7) is 6.69. The van der Waals surface area contributed by atoms with Gasteiger partial charge in [0, 0.05) is 19.1 Å². The van der Waals surface area contributed by atoms with Crippen molar-refractivity contribution >= 4 is 15.9 Å². The van der Waals surface area contributed by atoms with Crippen molar-refractivity contribution in [3.63, 3.8) is 0 Å². The van der Waals surface area contributed by atoms with Crippen LogP contribution in [0.25, 0.3) is 0 Å². The Hall–Kier alpha value is -1.78. The fourth-order valence-corrected chi connectivity index (χ4v) is 4.41. The first-order valence-corrected chi connectivity index (χ1v) is 10.9. The number of nitrogens with one attached hydrogen (secondary N) is 1. The highest BCUT2D eigenvalue weighted by Crippen LogP contribution is 2.34. The molecule has 29 heavy (non-hydrogen) atoms. The fraction of sp³-hybridized carbons (Fsp3) is 0.632. The van der Waals surface area contributed by atoms with Crippen LogP contribution in [-0.2, 0) is 14.6 Å². The Bertz CT molecular complexity index is 812. The molecule has 10 heteroatoms. The van der Waals surface area contributed by atoms with E-state index in [-0.39, 0.29) is 19.1 Å². The number of alkyl halides is 2. The topological polar surface area (TPSA) is 95.9 Å². The number of amides is 1. The molecule has 1 aromatic rings. The van der Waals surface area contributed by atoms with Gasteiger partial charge in [0.2, 0.25) is 9.84 Å². The van der Waals surface area contributed by atoms with Gasteiger partial charge in [-0.15, -0.1) is 0 Å². The zero-order valence-electron chi connectivity index (χ0n) is 16.9. The van der Waals surface area contributed by atoms with Crippen LogP contribution in [0.4, 0.5) is 13.6 Å².